The molecule has 0 bridgehead atoms. The summed E-state index contributed by atoms with van der Waals surface area (Å²) in [5, 5.41) is 3.26. The van der Waals surface area contributed by atoms with Crippen molar-refractivity contribution >= 4 is 0 Å². The average molecular weight is 243 g/mol. The van der Waals surface area contributed by atoms with Crippen LogP contribution in [0.5, 0.6) is 5.75 Å². The highest BCUT2D eigenvalue weighted by Gasteiger charge is 2.10. The number of nitrogens with one attached hydrogen (secondary N) is 1. The first-order valence-electron chi connectivity index (χ1n) is 5.87. The molecule has 0 aliphatic rings. The number of benzene rings is 1. The van der Waals surface area contributed by atoms with Crippen molar-refractivity contribution in [3.8, 4) is 5.75 Å². The summed E-state index contributed by atoms with van der Waals surface area (Å²) in [4.78, 5) is 0. The van der Waals surface area contributed by atoms with E-state index in [1.54, 1.807) is 0 Å². The third-order valence-corrected chi connectivity index (χ3v) is 2.41. The van der Waals surface area contributed by atoms with E-state index in [1.165, 1.54) is 12.1 Å². The third kappa shape index (κ3) is 5.13. The van der Waals surface area contributed by atoms with Crippen LogP contribution in [0.15, 0.2) is 18.2 Å². The zero-order valence-corrected chi connectivity index (χ0v) is 10.5. The van der Waals surface area contributed by atoms with Crippen LogP contribution in [-0.2, 0) is 0 Å². The Morgan fingerprint density at radius 1 is 1.18 bits per heavy atom. The van der Waals surface area contributed by atoms with Gasteiger partial charge in [-0.2, -0.15) is 0 Å². The van der Waals surface area contributed by atoms with E-state index in [9.17, 15) is 8.78 Å². The number of rotatable bonds is 6. The van der Waals surface area contributed by atoms with E-state index in [1.807, 2.05) is 13.8 Å². The van der Waals surface area contributed by atoms with Crippen molar-refractivity contribution in [2.45, 2.75) is 39.3 Å². The van der Waals surface area contributed by atoms with Crippen LogP contribution in [-0.4, -0.2) is 18.7 Å². The summed E-state index contributed by atoms with van der Waals surface area (Å²) in [5.74, 6) is -1.00. The Morgan fingerprint density at radius 3 is 2.29 bits per heavy atom. The predicted octanol–water partition coefficient (Wildman–Crippen LogP) is 3.12. The molecule has 0 saturated carbocycles. The van der Waals surface area contributed by atoms with Gasteiger partial charge in [0.2, 0.25) is 0 Å². The van der Waals surface area contributed by atoms with Crippen molar-refractivity contribution in [2.75, 3.05) is 6.54 Å². The zero-order valence-electron chi connectivity index (χ0n) is 10.5. The van der Waals surface area contributed by atoms with Crippen LogP contribution in [0.2, 0.25) is 0 Å². The van der Waals surface area contributed by atoms with Crippen LogP contribution in [0, 0.1) is 11.6 Å². The molecule has 96 valence electrons. The number of ether oxygens (including phenoxy) is 1. The Hall–Kier alpha value is -1.16. The second-order valence-corrected chi connectivity index (χ2v) is 4.23. The highest BCUT2D eigenvalue weighted by Crippen LogP contribution is 2.18. The quantitative estimate of drug-likeness (QED) is 0.828. The largest absolute Gasteiger partial charge is 0.490 e. The Morgan fingerprint density at radius 2 is 1.76 bits per heavy atom. The molecule has 0 heterocycles. The van der Waals surface area contributed by atoms with Gasteiger partial charge in [-0.15, -0.1) is 0 Å². The molecule has 0 fully saturated rings. The average Bonchev–Trinajstić information content (AvgIpc) is 2.14. The van der Waals surface area contributed by atoms with Crippen molar-refractivity contribution in [3.63, 3.8) is 0 Å². The second-order valence-electron chi connectivity index (χ2n) is 4.23. The predicted molar refractivity (Wildman–Crippen MR) is 64.2 cm³/mol. The maximum atomic E-state index is 12.9. The summed E-state index contributed by atoms with van der Waals surface area (Å²) < 4.78 is 31.3. The molecule has 1 aromatic carbocycles. The monoisotopic (exact) mass is 243 g/mol. The summed E-state index contributed by atoms with van der Waals surface area (Å²) >= 11 is 0. The van der Waals surface area contributed by atoms with Gasteiger partial charge in [0.1, 0.15) is 17.4 Å². The molecule has 0 spiro atoms. The Bertz CT molecular complexity index is 337. The second kappa shape index (κ2) is 6.55. The molecule has 0 aliphatic heterocycles. The van der Waals surface area contributed by atoms with Crippen molar-refractivity contribution in [3.05, 3.63) is 29.8 Å². The molecular weight excluding hydrogens is 224 g/mol. The van der Waals surface area contributed by atoms with Crippen molar-refractivity contribution in [1.29, 1.82) is 0 Å². The lowest BCUT2D eigenvalue weighted by molar-refractivity contribution is 0.195. The molecule has 1 N–H and O–H groups in total. The lowest BCUT2D eigenvalue weighted by atomic mass is 10.1. The highest BCUT2D eigenvalue weighted by atomic mass is 19.1. The van der Waals surface area contributed by atoms with Gasteiger partial charge in [-0.25, -0.2) is 8.78 Å². The number of halogens is 2. The normalized spacial score (nSPS) is 14.4. The van der Waals surface area contributed by atoms with E-state index in [0.29, 0.717) is 6.04 Å². The van der Waals surface area contributed by atoms with Crippen LogP contribution < -0.4 is 10.1 Å². The Labute approximate surface area is 101 Å². The van der Waals surface area contributed by atoms with E-state index < -0.39 is 11.6 Å². The van der Waals surface area contributed by atoms with Gasteiger partial charge in [0.25, 0.3) is 0 Å². The van der Waals surface area contributed by atoms with Crippen LogP contribution in [0.25, 0.3) is 0 Å². The molecule has 1 aromatic rings. The molecule has 2 atom stereocenters. The maximum absolute atomic E-state index is 12.9. The molecule has 0 radical (unpaired) electrons. The molecule has 0 amide bonds. The van der Waals surface area contributed by atoms with E-state index >= 15 is 0 Å². The zero-order chi connectivity index (χ0) is 12.8. The summed E-state index contributed by atoms with van der Waals surface area (Å²) in [7, 11) is 0. The number of hydrogen-bond acceptors (Lipinski definition) is 2. The minimum absolute atomic E-state index is 0.0924. The lowest BCUT2D eigenvalue weighted by Crippen LogP contribution is -2.30. The third-order valence-electron chi connectivity index (χ3n) is 2.41. The number of hydrogen-bond donors (Lipinski definition) is 1. The van der Waals surface area contributed by atoms with Gasteiger partial charge in [-0.3, -0.25) is 0 Å². The minimum Gasteiger partial charge on any atom is -0.490 e. The van der Waals surface area contributed by atoms with Crippen molar-refractivity contribution in [2.24, 2.45) is 0 Å². The van der Waals surface area contributed by atoms with Gasteiger partial charge < -0.3 is 10.1 Å². The van der Waals surface area contributed by atoms with Gasteiger partial charge in [-0.1, -0.05) is 6.92 Å². The Balaban J connectivity index is 2.52. The topological polar surface area (TPSA) is 21.3 Å². The van der Waals surface area contributed by atoms with Crippen LogP contribution in [0.3, 0.4) is 0 Å². The maximum Gasteiger partial charge on any atom is 0.129 e. The van der Waals surface area contributed by atoms with E-state index in [2.05, 4.69) is 12.2 Å². The summed E-state index contributed by atoms with van der Waals surface area (Å²) in [6.07, 6.45) is 0.691. The molecule has 2 nitrogen and oxygen atoms in total. The van der Waals surface area contributed by atoms with E-state index in [4.69, 9.17) is 4.74 Å². The first kappa shape index (κ1) is 13.9. The van der Waals surface area contributed by atoms with E-state index in [0.717, 1.165) is 19.0 Å². The Kier molecular flexibility index (Phi) is 5.35. The van der Waals surface area contributed by atoms with E-state index in [-0.39, 0.29) is 11.9 Å². The fourth-order valence-electron chi connectivity index (χ4n) is 1.81. The van der Waals surface area contributed by atoms with Crippen molar-refractivity contribution in [1.82, 2.24) is 5.32 Å². The van der Waals surface area contributed by atoms with Gasteiger partial charge >= 0.3 is 0 Å². The molecule has 17 heavy (non-hydrogen) atoms. The van der Waals surface area contributed by atoms with Gasteiger partial charge in [0.05, 0.1) is 6.10 Å². The molecule has 4 heteroatoms. The molecule has 0 saturated heterocycles. The summed E-state index contributed by atoms with van der Waals surface area (Å²) in [5.41, 5.74) is 0. The molecule has 1 rings (SSSR count). The van der Waals surface area contributed by atoms with Gasteiger partial charge in [-0.05, 0) is 26.8 Å². The van der Waals surface area contributed by atoms with Crippen LogP contribution in [0.1, 0.15) is 27.2 Å². The molecule has 0 aliphatic carbocycles. The fourth-order valence-corrected chi connectivity index (χ4v) is 1.81. The molecule has 2 unspecified atom stereocenters. The van der Waals surface area contributed by atoms with Crippen LogP contribution in [0.4, 0.5) is 8.78 Å². The smallest absolute Gasteiger partial charge is 0.129 e. The molecular formula is C13H19F2NO. The standard InChI is InChI=1S/C13H19F2NO/c1-4-16-9(2)5-10(3)17-13-7-11(14)6-12(15)8-13/h6-10,16H,4-5H2,1-3H3. The summed E-state index contributed by atoms with van der Waals surface area (Å²) in [6, 6.07) is 3.53. The first-order chi connectivity index (χ1) is 8.01. The molecule has 0 aromatic heterocycles. The highest BCUT2D eigenvalue weighted by molar-refractivity contribution is 5.23. The van der Waals surface area contributed by atoms with Crippen molar-refractivity contribution < 1.29 is 13.5 Å². The first-order valence-corrected chi connectivity index (χ1v) is 5.87. The lowest BCUT2D eigenvalue weighted by Gasteiger charge is -2.19. The fraction of sp³-hybridized carbons (Fsp3) is 0.538. The summed E-state index contributed by atoms with van der Waals surface area (Å²) in [6.45, 7) is 6.86. The van der Waals surface area contributed by atoms with Gasteiger partial charge in [0, 0.05) is 24.2 Å². The van der Waals surface area contributed by atoms with Crippen LogP contribution >= 0.6 is 0 Å². The SMILES string of the molecule is CCNC(C)CC(C)Oc1cc(F)cc(F)c1. The minimum atomic E-state index is -0.619. The van der Waals surface area contributed by atoms with Gasteiger partial charge in [0.15, 0.2) is 0 Å².